The SMILES string of the molecule is [Li][Se]C=CC. The van der Waals surface area contributed by atoms with Gasteiger partial charge in [0, 0.05) is 0 Å². The van der Waals surface area contributed by atoms with E-state index in [2.05, 4.69) is 26.8 Å². The van der Waals surface area contributed by atoms with Gasteiger partial charge in [0.15, 0.2) is 0 Å². The van der Waals surface area contributed by atoms with Crippen LogP contribution in [0.2, 0.25) is 0 Å². The molecule has 0 aliphatic heterocycles. The molecule has 2 heteroatoms. The third-order valence-corrected chi connectivity index (χ3v) is 1.41. The summed E-state index contributed by atoms with van der Waals surface area (Å²) in [6.07, 6.45) is 2.08. The Labute approximate surface area is 46.7 Å². The summed E-state index contributed by atoms with van der Waals surface area (Å²) in [5, 5.41) is 0. The minimum absolute atomic E-state index is 0.745. The number of allylic oxidation sites excluding steroid dienone is 1. The predicted molar refractivity (Wildman–Crippen MR) is 26.3 cm³/mol. The zero-order valence-corrected chi connectivity index (χ0v) is 5.28. The van der Waals surface area contributed by atoms with E-state index in [1.807, 2.05) is 6.92 Å². The summed E-state index contributed by atoms with van der Waals surface area (Å²) in [6, 6.07) is 0. The molecule has 0 unspecified atom stereocenters. The average molecular weight is 127 g/mol. The fourth-order valence-corrected chi connectivity index (χ4v) is 0.707. The Kier molecular flexibility index (Phi) is 5.69. The topological polar surface area (TPSA) is 0 Å². The molecule has 24 valence electrons. The Balaban J connectivity index is 2.62. The average Bonchev–Trinajstić information content (AvgIpc) is 1.41. The molecule has 0 bridgehead atoms. The van der Waals surface area contributed by atoms with Crippen LogP contribution in [0.5, 0.6) is 0 Å². The summed E-state index contributed by atoms with van der Waals surface area (Å²) in [5.74, 6) is 0. The number of rotatable bonds is 1. The zero-order valence-electron chi connectivity index (χ0n) is 3.56. The Morgan fingerprint density at radius 2 is 2.40 bits per heavy atom. The van der Waals surface area contributed by atoms with Crippen molar-refractivity contribution in [2.24, 2.45) is 0 Å². The summed E-state index contributed by atoms with van der Waals surface area (Å²) in [6.45, 7) is 2.05. The van der Waals surface area contributed by atoms with Gasteiger partial charge in [0.1, 0.15) is 0 Å². The van der Waals surface area contributed by atoms with E-state index in [1.165, 1.54) is 0 Å². The van der Waals surface area contributed by atoms with Crippen molar-refractivity contribution in [1.82, 2.24) is 0 Å². The molecule has 5 heavy (non-hydrogen) atoms. The van der Waals surface area contributed by atoms with Crippen LogP contribution >= 0.6 is 0 Å². The van der Waals surface area contributed by atoms with E-state index in [4.69, 9.17) is 0 Å². The van der Waals surface area contributed by atoms with Crippen LogP contribution < -0.4 is 0 Å². The van der Waals surface area contributed by atoms with Crippen molar-refractivity contribution in [3.63, 3.8) is 0 Å². The third kappa shape index (κ3) is 4.86. The molecular formula is C3H5LiSe. The van der Waals surface area contributed by atoms with Gasteiger partial charge in [-0.3, -0.25) is 0 Å². The van der Waals surface area contributed by atoms with E-state index in [0.717, 1.165) is 12.8 Å². The van der Waals surface area contributed by atoms with Crippen molar-refractivity contribution in [1.29, 1.82) is 0 Å². The van der Waals surface area contributed by atoms with Crippen molar-refractivity contribution < 1.29 is 0 Å². The first-order chi connectivity index (χ1) is 2.41. The van der Waals surface area contributed by atoms with Gasteiger partial charge >= 0.3 is 46.5 Å². The van der Waals surface area contributed by atoms with Crippen molar-refractivity contribution in [2.75, 3.05) is 0 Å². The van der Waals surface area contributed by atoms with Crippen LogP contribution in [0.3, 0.4) is 0 Å². The van der Waals surface area contributed by atoms with E-state index in [0.29, 0.717) is 0 Å². The van der Waals surface area contributed by atoms with Gasteiger partial charge in [-0.2, -0.15) is 0 Å². The van der Waals surface area contributed by atoms with Crippen LogP contribution in [0.25, 0.3) is 0 Å². The Morgan fingerprint density at radius 3 is 2.40 bits per heavy atom. The van der Waals surface area contributed by atoms with Crippen molar-refractivity contribution in [3.8, 4) is 0 Å². The van der Waals surface area contributed by atoms with Crippen LogP contribution in [0.4, 0.5) is 0 Å². The van der Waals surface area contributed by atoms with E-state index in [9.17, 15) is 0 Å². The quantitative estimate of drug-likeness (QED) is 0.444. The fourth-order valence-electron chi connectivity index (χ4n) is 0.136. The summed E-state index contributed by atoms with van der Waals surface area (Å²) < 4.78 is 0. The van der Waals surface area contributed by atoms with Crippen molar-refractivity contribution >= 4 is 28.5 Å². The zero-order chi connectivity index (χ0) is 4.12. The monoisotopic (exact) mass is 128 g/mol. The molecule has 0 nitrogen and oxygen atoms in total. The van der Waals surface area contributed by atoms with E-state index >= 15 is 0 Å². The van der Waals surface area contributed by atoms with Gasteiger partial charge in [-0.05, 0) is 0 Å². The molecule has 0 aromatic heterocycles. The number of hydrogen-bond acceptors (Lipinski definition) is 0. The molecule has 0 spiro atoms. The standard InChI is InChI=1S/C3H6Se.Li/c1-2-3-4;/h2-4H,1H3;/q;+1/p-1. The van der Waals surface area contributed by atoms with Gasteiger partial charge in [-0.25, -0.2) is 0 Å². The molecule has 0 radical (unpaired) electrons. The molecule has 0 rings (SSSR count). The maximum atomic E-state index is 2.19. The summed E-state index contributed by atoms with van der Waals surface area (Å²) in [4.78, 5) is 2.19. The van der Waals surface area contributed by atoms with Gasteiger partial charge in [0.25, 0.3) is 0 Å². The van der Waals surface area contributed by atoms with Gasteiger partial charge in [0.05, 0.1) is 0 Å². The Bertz CT molecular complexity index is 33.9. The molecule has 0 aromatic rings. The second-order valence-corrected chi connectivity index (χ2v) is 2.27. The second kappa shape index (κ2) is 4.86. The molecule has 0 saturated carbocycles. The molecule has 0 N–H and O–H groups in total. The predicted octanol–water partition coefficient (Wildman–Crippen LogP) is 0.308. The molecular weight excluding hydrogens is 122 g/mol. The summed E-state index contributed by atoms with van der Waals surface area (Å²) in [7, 11) is 0. The van der Waals surface area contributed by atoms with Gasteiger partial charge in [-0.1, -0.05) is 0 Å². The maximum absolute atomic E-state index is 2.19. The van der Waals surface area contributed by atoms with Crippen LogP contribution in [-0.2, 0) is 0 Å². The van der Waals surface area contributed by atoms with Crippen molar-refractivity contribution in [2.45, 2.75) is 6.92 Å². The first kappa shape index (κ1) is 5.86. The van der Waals surface area contributed by atoms with Crippen molar-refractivity contribution in [3.05, 3.63) is 11.1 Å². The molecule has 0 aliphatic rings. The molecule has 0 aromatic carbocycles. The van der Waals surface area contributed by atoms with Gasteiger partial charge in [0.2, 0.25) is 0 Å². The second-order valence-electron chi connectivity index (χ2n) is 0.705. The molecule has 0 atom stereocenters. The van der Waals surface area contributed by atoms with E-state index < -0.39 is 0 Å². The summed E-state index contributed by atoms with van der Waals surface area (Å²) in [5.41, 5.74) is 0. The first-order valence-corrected chi connectivity index (χ1v) is 4.26. The minimum atomic E-state index is 0.745. The Hall–Kier alpha value is 0.857. The third-order valence-electron chi connectivity index (χ3n) is 0.272. The molecule has 0 amide bonds. The first-order valence-electron chi connectivity index (χ1n) is 1.55. The van der Waals surface area contributed by atoms with Crippen LogP contribution in [0.1, 0.15) is 6.92 Å². The molecule has 0 aliphatic carbocycles. The number of hydrogen-bond donors (Lipinski definition) is 0. The van der Waals surface area contributed by atoms with Gasteiger partial charge < -0.3 is 0 Å². The molecule has 0 saturated heterocycles. The van der Waals surface area contributed by atoms with E-state index in [1.54, 1.807) is 0 Å². The van der Waals surface area contributed by atoms with Crippen LogP contribution in [-0.4, -0.2) is 28.5 Å². The van der Waals surface area contributed by atoms with Gasteiger partial charge in [-0.15, -0.1) is 0 Å². The fraction of sp³-hybridized carbons (Fsp3) is 0.333. The van der Waals surface area contributed by atoms with Crippen LogP contribution in [0.15, 0.2) is 11.1 Å². The molecule has 0 fully saturated rings. The van der Waals surface area contributed by atoms with E-state index in [-0.39, 0.29) is 0 Å². The normalized spacial score (nSPS) is 10.2. The van der Waals surface area contributed by atoms with Crippen LogP contribution in [0, 0.1) is 0 Å². The summed E-state index contributed by atoms with van der Waals surface area (Å²) >= 11 is 2.93. The molecule has 0 heterocycles. The Morgan fingerprint density at radius 1 is 1.80 bits per heavy atom.